The van der Waals surface area contributed by atoms with E-state index in [1.807, 2.05) is 0 Å². The van der Waals surface area contributed by atoms with Crippen molar-refractivity contribution in [3.05, 3.63) is 0 Å². The molecular weight excluding hydrogens is 765 g/mol. The highest BCUT2D eigenvalue weighted by Gasteiger charge is 2.69. The van der Waals surface area contributed by atoms with E-state index in [0.29, 0.717) is 32.1 Å². The zero-order valence-electron chi connectivity index (χ0n) is 41.1. The number of carbonyl (C=O) groups excluding carboxylic acids is 1. The van der Waals surface area contributed by atoms with Gasteiger partial charge in [-0.1, -0.05) is 247 Å². The molecule has 360 valence electrons. The van der Waals surface area contributed by atoms with Crippen LogP contribution >= 0.6 is 0 Å². The van der Waals surface area contributed by atoms with E-state index in [4.69, 9.17) is 4.74 Å². The average Bonchev–Trinajstić information content (AvgIpc) is 3.18. The Morgan fingerprint density at radius 3 is 0.885 bits per heavy atom. The molecule has 0 aliphatic heterocycles. The van der Waals surface area contributed by atoms with Crippen LogP contribution in [0.15, 0.2) is 0 Å². The minimum atomic E-state index is -2.72. The number of carboxylic acid groups (broad SMARTS) is 3. The summed E-state index contributed by atoms with van der Waals surface area (Å²) < 4.78 is 6.25. The average molecular weight is 865 g/mol. The first-order chi connectivity index (χ1) is 29.2. The van der Waals surface area contributed by atoms with E-state index in [1.165, 1.54) is 116 Å². The number of ketones is 1. The van der Waals surface area contributed by atoms with E-state index >= 15 is 0 Å². The summed E-state index contributed by atoms with van der Waals surface area (Å²) in [5, 5.41) is 32.8. The first kappa shape index (κ1) is 59.0. The van der Waals surface area contributed by atoms with E-state index in [9.17, 15) is 34.5 Å². The molecule has 0 aromatic rings. The van der Waals surface area contributed by atoms with Crippen LogP contribution in [0.1, 0.15) is 273 Å². The topological polar surface area (TPSA) is 138 Å². The first-order valence-electron chi connectivity index (χ1n) is 26.0. The fourth-order valence-electron chi connectivity index (χ4n) is 9.48. The van der Waals surface area contributed by atoms with Gasteiger partial charge in [-0.3, -0.25) is 14.4 Å². The van der Waals surface area contributed by atoms with Crippen LogP contribution in [0, 0.1) is 29.1 Å². The first-order valence-corrected chi connectivity index (χ1v) is 26.0. The molecule has 2 unspecified atom stereocenters. The number of ether oxygens (including phenoxy) is 1. The molecule has 0 aromatic heterocycles. The maximum absolute atomic E-state index is 13.7. The molecule has 0 bridgehead atoms. The van der Waals surface area contributed by atoms with Crippen LogP contribution in [0.25, 0.3) is 0 Å². The van der Waals surface area contributed by atoms with Gasteiger partial charge in [0.1, 0.15) is 11.2 Å². The molecule has 0 aromatic carbocycles. The highest BCUT2D eigenvalue weighted by atomic mass is 16.5. The van der Waals surface area contributed by atoms with Gasteiger partial charge in [-0.25, -0.2) is 4.79 Å². The van der Waals surface area contributed by atoms with Crippen molar-refractivity contribution in [1.29, 1.82) is 0 Å². The lowest BCUT2D eigenvalue weighted by Crippen LogP contribution is -2.67. The van der Waals surface area contributed by atoms with Gasteiger partial charge in [0.2, 0.25) is 5.60 Å². The maximum Gasteiger partial charge on any atom is 0.338 e. The molecule has 0 aliphatic rings. The van der Waals surface area contributed by atoms with Gasteiger partial charge in [-0.2, -0.15) is 0 Å². The van der Waals surface area contributed by atoms with E-state index in [1.54, 1.807) is 0 Å². The summed E-state index contributed by atoms with van der Waals surface area (Å²) >= 11 is 0. The van der Waals surface area contributed by atoms with Crippen LogP contribution in [0.4, 0.5) is 0 Å². The standard InChI is InChI=1S/C53H100O8/c1-44(2)38-32-26-20-14-8-11-17-23-29-35-41-52(50(57)58,42-36-30-24-18-12-9-15-21-27-33-39-45(3)4)53(51(59)60,48(47(7)54)49(55)56)61-43-37-31-25-19-13-10-16-22-28-34-40-46(5)6/h44-46,48H,8-43H2,1-7H3,(H,55,56)(H,57,58)(H,59,60). The van der Waals surface area contributed by atoms with Crippen molar-refractivity contribution < 1.29 is 39.2 Å². The monoisotopic (exact) mass is 865 g/mol. The number of carbonyl (C=O) groups is 4. The molecule has 0 saturated carbocycles. The number of aliphatic carboxylic acids is 3. The predicted molar refractivity (Wildman–Crippen MR) is 254 cm³/mol. The molecule has 8 heteroatoms. The van der Waals surface area contributed by atoms with Crippen molar-refractivity contribution in [2.45, 2.75) is 279 Å². The molecule has 61 heavy (non-hydrogen) atoms. The van der Waals surface area contributed by atoms with Gasteiger partial charge in [0.05, 0.1) is 0 Å². The van der Waals surface area contributed by atoms with E-state index < -0.39 is 40.6 Å². The highest BCUT2D eigenvalue weighted by molar-refractivity contribution is 6.06. The van der Waals surface area contributed by atoms with Gasteiger partial charge in [0, 0.05) is 6.61 Å². The summed E-state index contributed by atoms with van der Waals surface area (Å²) in [7, 11) is 0. The molecule has 0 heterocycles. The van der Waals surface area contributed by atoms with E-state index in [0.717, 1.165) is 88.9 Å². The number of rotatable bonds is 46. The van der Waals surface area contributed by atoms with Crippen LogP contribution in [0.2, 0.25) is 0 Å². The van der Waals surface area contributed by atoms with Gasteiger partial charge in [0.15, 0.2) is 5.92 Å². The molecule has 0 radical (unpaired) electrons. The van der Waals surface area contributed by atoms with E-state index in [-0.39, 0.29) is 19.4 Å². The number of carboxylic acids is 3. The SMILES string of the molecule is CC(=O)C(C(=O)O)C(OCCCCCCCCCCCCC(C)C)(C(=O)O)C(CCCCCCCCCCCCC(C)C)(CCCCCCCCCCCCC(C)C)C(=O)O. The second kappa shape index (κ2) is 37.4. The summed E-state index contributed by atoms with van der Waals surface area (Å²) in [6.07, 6.45) is 35.2. The smallest absolute Gasteiger partial charge is 0.338 e. The molecule has 0 rings (SSSR count). The lowest BCUT2D eigenvalue weighted by atomic mass is 9.59. The third kappa shape index (κ3) is 27.1. The van der Waals surface area contributed by atoms with Crippen LogP contribution in [-0.2, 0) is 23.9 Å². The molecule has 8 nitrogen and oxygen atoms in total. The zero-order chi connectivity index (χ0) is 45.8. The zero-order valence-corrected chi connectivity index (χ0v) is 41.1. The van der Waals surface area contributed by atoms with Crippen LogP contribution in [-0.4, -0.2) is 51.2 Å². The molecule has 0 amide bonds. The molecule has 3 N–H and O–H groups in total. The van der Waals surface area contributed by atoms with Crippen molar-refractivity contribution in [2.24, 2.45) is 29.1 Å². The Kier molecular flexibility index (Phi) is 36.2. The molecular formula is C53H100O8. The Morgan fingerprint density at radius 2 is 0.656 bits per heavy atom. The lowest BCUT2D eigenvalue weighted by molar-refractivity contribution is -0.219. The number of hydrogen-bond donors (Lipinski definition) is 3. The summed E-state index contributed by atoms with van der Waals surface area (Å²) in [5.41, 5.74) is -4.80. The normalized spacial score (nSPS) is 13.6. The van der Waals surface area contributed by atoms with Crippen LogP contribution in [0.5, 0.6) is 0 Å². The van der Waals surface area contributed by atoms with Crippen LogP contribution in [0.3, 0.4) is 0 Å². The summed E-state index contributed by atoms with van der Waals surface area (Å²) in [6.45, 7) is 14.6. The van der Waals surface area contributed by atoms with Crippen molar-refractivity contribution in [3.63, 3.8) is 0 Å². The van der Waals surface area contributed by atoms with Gasteiger partial charge in [0.25, 0.3) is 0 Å². The Morgan fingerprint density at radius 1 is 0.393 bits per heavy atom. The van der Waals surface area contributed by atoms with Gasteiger partial charge in [-0.15, -0.1) is 0 Å². The summed E-state index contributed by atoms with van der Waals surface area (Å²) in [5.74, 6) is -5.44. The Bertz CT molecular complexity index is 1050. The quantitative estimate of drug-likeness (QED) is 0.0406. The Hall–Kier alpha value is -1.96. The predicted octanol–water partition coefficient (Wildman–Crippen LogP) is 15.8. The van der Waals surface area contributed by atoms with Gasteiger partial charge >= 0.3 is 17.9 Å². The second-order valence-corrected chi connectivity index (χ2v) is 20.3. The maximum atomic E-state index is 13.7. The van der Waals surface area contributed by atoms with Crippen molar-refractivity contribution >= 4 is 23.7 Å². The minimum absolute atomic E-state index is 0.0458. The Labute approximate surface area is 376 Å². The molecule has 2 atom stereocenters. The van der Waals surface area contributed by atoms with Gasteiger partial charge < -0.3 is 20.1 Å². The van der Waals surface area contributed by atoms with Crippen LogP contribution < -0.4 is 0 Å². The largest absolute Gasteiger partial charge is 0.481 e. The minimum Gasteiger partial charge on any atom is -0.481 e. The van der Waals surface area contributed by atoms with Crippen molar-refractivity contribution in [3.8, 4) is 0 Å². The highest BCUT2D eigenvalue weighted by Crippen LogP contribution is 2.50. The van der Waals surface area contributed by atoms with Crippen molar-refractivity contribution in [2.75, 3.05) is 6.61 Å². The fourth-order valence-corrected chi connectivity index (χ4v) is 9.48. The molecule has 0 aliphatic carbocycles. The van der Waals surface area contributed by atoms with Crippen molar-refractivity contribution in [1.82, 2.24) is 0 Å². The summed E-state index contributed by atoms with van der Waals surface area (Å²) in [6, 6.07) is 0. The number of Topliss-reactive ketones (excluding diaryl/α,β-unsaturated/α-hetero) is 1. The lowest BCUT2D eigenvalue weighted by Gasteiger charge is -2.47. The number of hydrogen-bond acceptors (Lipinski definition) is 5. The molecule has 0 spiro atoms. The van der Waals surface area contributed by atoms with E-state index in [2.05, 4.69) is 41.5 Å². The molecule has 0 saturated heterocycles. The third-order valence-electron chi connectivity index (χ3n) is 13.3. The number of unbranched alkanes of at least 4 members (excludes halogenated alkanes) is 27. The van der Waals surface area contributed by atoms with Gasteiger partial charge in [-0.05, 0) is 43.9 Å². The third-order valence-corrected chi connectivity index (χ3v) is 13.3. The second-order valence-electron chi connectivity index (χ2n) is 20.3. The molecule has 0 fully saturated rings. The Balaban J connectivity index is 5.77. The summed E-state index contributed by atoms with van der Waals surface area (Å²) in [4.78, 5) is 53.5. The fraction of sp³-hybridized carbons (Fsp3) is 0.925.